The summed E-state index contributed by atoms with van der Waals surface area (Å²) in [6.45, 7) is 4.44. The molecule has 2 aromatic carbocycles. The van der Waals surface area contributed by atoms with Gasteiger partial charge >= 0.3 is 0 Å². The largest absolute Gasteiger partial charge is 0.611 e. The summed E-state index contributed by atoms with van der Waals surface area (Å²) in [6, 6.07) is 18.9. The van der Waals surface area contributed by atoms with E-state index in [1.165, 1.54) is 12.0 Å². The molecule has 0 aliphatic carbocycles. The maximum Gasteiger partial charge on any atom is 0.157 e. The Morgan fingerprint density at radius 2 is 1.79 bits per heavy atom. The molecule has 0 bridgehead atoms. The number of hydrogen-bond donors (Lipinski definition) is 1. The first kappa shape index (κ1) is 17.5. The summed E-state index contributed by atoms with van der Waals surface area (Å²) in [6.07, 6.45) is 4.40. The molecule has 0 amide bonds. The van der Waals surface area contributed by atoms with Gasteiger partial charge in [-0.15, -0.1) is 0 Å². The van der Waals surface area contributed by atoms with Crippen LogP contribution in [0.15, 0.2) is 59.5 Å². The Balaban J connectivity index is 2.07. The molecule has 0 aromatic heterocycles. The fourth-order valence-electron chi connectivity index (χ4n) is 3.63. The first-order valence-electron chi connectivity index (χ1n) is 8.99. The van der Waals surface area contributed by atoms with Crippen molar-refractivity contribution in [1.82, 2.24) is 5.32 Å². The quantitative estimate of drug-likeness (QED) is 0.791. The van der Waals surface area contributed by atoms with Crippen molar-refractivity contribution in [3.63, 3.8) is 0 Å². The summed E-state index contributed by atoms with van der Waals surface area (Å²) < 4.78 is 13.1. The van der Waals surface area contributed by atoms with Crippen molar-refractivity contribution in [2.75, 3.05) is 5.75 Å². The molecule has 0 fully saturated rings. The lowest BCUT2D eigenvalue weighted by Gasteiger charge is -2.35. The van der Waals surface area contributed by atoms with Gasteiger partial charge in [0.05, 0.1) is 11.6 Å². The number of nitrogens with one attached hydrogen (secondary N) is 1. The van der Waals surface area contributed by atoms with Gasteiger partial charge in [0, 0.05) is 5.56 Å². The van der Waals surface area contributed by atoms with Crippen LogP contribution in [0.25, 0.3) is 0 Å². The molecular formula is C21H27NOS. The van der Waals surface area contributed by atoms with Crippen LogP contribution >= 0.6 is 0 Å². The van der Waals surface area contributed by atoms with Gasteiger partial charge in [-0.25, -0.2) is 0 Å². The maximum absolute atomic E-state index is 13.1. The smallest absolute Gasteiger partial charge is 0.157 e. The molecule has 3 atom stereocenters. The van der Waals surface area contributed by atoms with E-state index in [4.69, 9.17) is 0 Å². The highest BCUT2D eigenvalue weighted by Gasteiger charge is 2.41. The number of rotatable bonds is 5. The predicted molar refractivity (Wildman–Crippen MR) is 102 cm³/mol. The molecule has 1 aliphatic rings. The third kappa shape index (κ3) is 3.53. The van der Waals surface area contributed by atoms with E-state index in [9.17, 15) is 4.55 Å². The molecule has 128 valence electrons. The van der Waals surface area contributed by atoms with Gasteiger partial charge in [0.2, 0.25) is 0 Å². The van der Waals surface area contributed by atoms with Crippen LogP contribution in [0.5, 0.6) is 0 Å². The highest BCUT2D eigenvalue weighted by Crippen LogP contribution is 2.37. The maximum atomic E-state index is 13.1. The van der Waals surface area contributed by atoms with Gasteiger partial charge in [0.1, 0.15) is 5.75 Å². The van der Waals surface area contributed by atoms with Crippen LogP contribution in [0.2, 0.25) is 0 Å². The van der Waals surface area contributed by atoms with Gasteiger partial charge < -0.3 is 4.55 Å². The van der Waals surface area contributed by atoms with Gasteiger partial charge in [0.25, 0.3) is 0 Å². The zero-order valence-corrected chi connectivity index (χ0v) is 15.4. The van der Waals surface area contributed by atoms with Crippen molar-refractivity contribution in [2.24, 2.45) is 0 Å². The van der Waals surface area contributed by atoms with E-state index in [-0.39, 0.29) is 11.6 Å². The monoisotopic (exact) mass is 341 g/mol. The molecule has 2 nitrogen and oxygen atoms in total. The summed E-state index contributed by atoms with van der Waals surface area (Å²) >= 11 is -0.962. The summed E-state index contributed by atoms with van der Waals surface area (Å²) in [7, 11) is 0. The molecule has 0 saturated carbocycles. The second-order valence-corrected chi connectivity index (χ2v) is 8.17. The van der Waals surface area contributed by atoms with E-state index < -0.39 is 11.2 Å². The van der Waals surface area contributed by atoms with E-state index in [2.05, 4.69) is 61.6 Å². The minimum atomic E-state index is -0.962. The Kier molecular flexibility index (Phi) is 5.65. The van der Waals surface area contributed by atoms with Gasteiger partial charge in [-0.2, -0.15) is 0 Å². The van der Waals surface area contributed by atoms with Crippen molar-refractivity contribution >= 4 is 11.2 Å². The van der Waals surface area contributed by atoms with E-state index in [1.807, 2.05) is 12.1 Å². The molecule has 0 saturated heterocycles. The Morgan fingerprint density at radius 3 is 2.50 bits per heavy atom. The average molecular weight is 342 g/mol. The van der Waals surface area contributed by atoms with Crippen LogP contribution in [0.1, 0.15) is 56.7 Å². The van der Waals surface area contributed by atoms with Crippen LogP contribution in [0.3, 0.4) is 0 Å². The standard InChI is InChI=1S/C21H27NOS/c1-3-5-15-21(4-2)16-24(23)19-14-10-9-13-18(19)20(22-21)17-11-7-6-8-12-17/h6-14,20,22H,3-5,15-16H2,1-2H3. The average Bonchev–Trinajstić information content (AvgIpc) is 2.76. The van der Waals surface area contributed by atoms with E-state index >= 15 is 0 Å². The van der Waals surface area contributed by atoms with E-state index in [0.717, 1.165) is 29.7 Å². The second kappa shape index (κ2) is 7.73. The van der Waals surface area contributed by atoms with Crippen LogP contribution in [-0.4, -0.2) is 15.8 Å². The summed E-state index contributed by atoms with van der Waals surface area (Å²) in [5.74, 6) is 0.698. The second-order valence-electron chi connectivity index (χ2n) is 6.75. The van der Waals surface area contributed by atoms with E-state index in [1.54, 1.807) is 0 Å². The molecule has 0 radical (unpaired) electrons. The zero-order valence-electron chi connectivity index (χ0n) is 14.6. The third-order valence-corrected chi connectivity index (χ3v) is 6.83. The topological polar surface area (TPSA) is 35.1 Å². The predicted octanol–water partition coefficient (Wildman–Crippen LogP) is 4.83. The van der Waals surface area contributed by atoms with Crippen LogP contribution in [0.4, 0.5) is 0 Å². The molecule has 1 heterocycles. The number of hydrogen-bond acceptors (Lipinski definition) is 2. The van der Waals surface area contributed by atoms with Gasteiger partial charge in [0.15, 0.2) is 4.90 Å². The minimum Gasteiger partial charge on any atom is -0.611 e. The Labute approximate surface area is 148 Å². The van der Waals surface area contributed by atoms with Crippen molar-refractivity contribution in [3.8, 4) is 0 Å². The Hall–Kier alpha value is -1.29. The molecule has 3 rings (SSSR count). The number of unbranched alkanes of at least 4 members (excludes halogenated alkanes) is 1. The highest BCUT2D eigenvalue weighted by atomic mass is 32.2. The number of fused-ring (bicyclic) bond motifs is 1. The molecular weight excluding hydrogens is 314 g/mol. The zero-order chi connectivity index (χ0) is 17.0. The SMILES string of the molecule is CCCCC1(CC)C[S+]([O-])c2ccccc2C(c2ccccc2)N1. The lowest BCUT2D eigenvalue weighted by molar-refractivity contribution is 0.295. The van der Waals surface area contributed by atoms with Crippen molar-refractivity contribution in [1.29, 1.82) is 0 Å². The molecule has 0 spiro atoms. The first-order chi connectivity index (χ1) is 11.7. The van der Waals surface area contributed by atoms with Crippen molar-refractivity contribution in [2.45, 2.75) is 56.0 Å². The normalized spacial score (nSPS) is 26.6. The van der Waals surface area contributed by atoms with Gasteiger partial charge in [-0.05, 0) is 35.6 Å². The Bertz CT molecular complexity index is 660. The fourth-order valence-corrected chi connectivity index (χ4v) is 5.40. The van der Waals surface area contributed by atoms with E-state index in [0.29, 0.717) is 5.75 Å². The summed E-state index contributed by atoms with van der Waals surface area (Å²) in [5.41, 5.74) is 2.34. The van der Waals surface area contributed by atoms with Gasteiger partial charge in [-0.3, -0.25) is 5.32 Å². The molecule has 24 heavy (non-hydrogen) atoms. The number of benzene rings is 2. The summed E-state index contributed by atoms with van der Waals surface area (Å²) in [5, 5.41) is 3.92. The third-order valence-electron chi connectivity index (χ3n) is 5.15. The van der Waals surface area contributed by atoms with Crippen molar-refractivity contribution in [3.05, 3.63) is 65.7 Å². The van der Waals surface area contributed by atoms with Crippen molar-refractivity contribution < 1.29 is 4.55 Å². The molecule has 3 heteroatoms. The Morgan fingerprint density at radius 1 is 1.08 bits per heavy atom. The molecule has 1 aliphatic heterocycles. The van der Waals surface area contributed by atoms with Crippen LogP contribution in [-0.2, 0) is 11.2 Å². The lowest BCUT2D eigenvalue weighted by Crippen LogP contribution is -2.50. The van der Waals surface area contributed by atoms with Gasteiger partial charge in [-0.1, -0.05) is 75.2 Å². The lowest BCUT2D eigenvalue weighted by atomic mass is 9.88. The molecule has 3 unspecified atom stereocenters. The summed E-state index contributed by atoms with van der Waals surface area (Å²) in [4.78, 5) is 0.991. The molecule has 2 aromatic rings. The van der Waals surface area contributed by atoms with Crippen LogP contribution < -0.4 is 5.32 Å². The molecule has 1 N–H and O–H groups in total. The first-order valence-corrected chi connectivity index (χ1v) is 10.3. The fraction of sp³-hybridized carbons (Fsp3) is 0.429. The minimum absolute atomic E-state index is 0.0690. The highest BCUT2D eigenvalue weighted by molar-refractivity contribution is 7.91. The van der Waals surface area contributed by atoms with Crippen LogP contribution in [0, 0.1) is 0 Å².